The molecule has 2 spiro atoms. The molecule has 6 rings (SSSR count). The van der Waals surface area contributed by atoms with Crippen molar-refractivity contribution in [1.82, 2.24) is 0 Å². The smallest absolute Gasteiger partial charge is 0.311 e. The lowest BCUT2D eigenvalue weighted by molar-refractivity contribution is -0.220. The molecule has 40 heavy (non-hydrogen) atoms. The van der Waals surface area contributed by atoms with Crippen LogP contribution >= 0.6 is 0 Å². The number of methoxy groups -OCH3 is 1. The number of aliphatic hydroxyl groups is 1. The van der Waals surface area contributed by atoms with Gasteiger partial charge in [-0.25, -0.2) is 0 Å². The molecule has 6 fully saturated rings. The maximum Gasteiger partial charge on any atom is 0.311 e. The summed E-state index contributed by atoms with van der Waals surface area (Å²) in [5.41, 5.74) is -5.13. The summed E-state index contributed by atoms with van der Waals surface area (Å²) in [6, 6.07) is 0. The molecule has 1 aliphatic heterocycles. The molecule has 6 aliphatic rings. The van der Waals surface area contributed by atoms with Crippen LogP contribution in [0.3, 0.4) is 0 Å². The van der Waals surface area contributed by atoms with Crippen molar-refractivity contribution in [3.8, 4) is 0 Å². The van der Waals surface area contributed by atoms with Crippen LogP contribution < -0.4 is 0 Å². The van der Waals surface area contributed by atoms with Gasteiger partial charge >= 0.3 is 11.9 Å². The number of ketones is 1. The van der Waals surface area contributed by atoms with Crippen molar-refractivity contribution in [1.29, 1.82) is 0 Å². The number of carbonyl (C=O) groups is 3. The number of fused-ring (bicyclic) bond motifs is 4. The van der Waals surface area contributed by atoms with E-state index in [-0.39, 0.29) is 41.1 Å². The fourth-order valence-corrected chi connectivity index (χ4v) is 11.9. The Morgan fingerprint density at radius 3 is 2.20 bits per heavy atom. The quantitative estimate of drug-likeness (QED) is 0.453. The molecule has 5 aliphatic carbocycles. The summed E-state index contributed by atoms with van der Waals surface area (Å²) >= 11 is 0. The second-order valence-corrected chi connectivity index (χ2v) is 16.4. The first-order valence-corrected chi connectivity index (χ1v) is 15.6. The zero-order chi connectivity index (χ0) is 29.4. The molecule has 0 unspecified atom stereocenters. The van der Waals surface area contributed by atoms with E-state index in [0.717, 1.165) is 32.1 Å². The predicted molar refractivity (Wildman–Crippen MR) is 148 cm³/mol. The minimum absolute atomic E-state index is 0.0299. The highest BCUT2D eigenvalue weighted by atomic mass is 16.5. The summed E-state index contributed by atoms with van der Waals surface area (Å²) in [4.78, 5) is 40.2. The van der Waals surface area contributed by atoms with Crippen LogP contribution in [-0.4, -0.2) is 53.9 Å². The minimum Gasteiger partial charge on any atom is -0.469 e. The van der Waals surface area contributed by atoms with Gasteiger partial charge in [-0.1, -0.05) is 34.6 Å². The normalized spacial score (nSPS) is 54.3. The summed E-state index contributed by atoms with van der Waals surface area (Å²) in [5, 5.41) is 13.0. The van der Waals surface area contributed by atoms with E-state index in [1.165, 1.54) is 14.0 Å². The highest BCUT2D eigenvalue weighted by molar-refractivity contribution is 5.98. The topological polar surface area (TPSA) is 99.1 Å². The summed E-state index contributed by atoms with van der Waals surface area (Å²) in [6.45, 7) is 14.9. The molecule has 2 bridgehead atoms. The highest BCUT2D eigenvalue weighted by Crippen LogP contribution is 2.78. The van der Waals surface area contributed by atoms with Crippen molar-refractivity contribution in [3.63, 3.8) is 0 Å². The van der Waals surface area contributed by atoms with Crippen LogP contribution in [0.2, 0.25) is 0 Å². The molecular weight excluding hydrogens is 508 g/mol. The van der Waals surface area contributed by atoms with Gasteiger partial charge in [0.25, 0.3) is 0 Å². The van der Waals surface area contributed by atoms with E-state index in [2.05, 4.69) is 34.6 Å². The number of hydrogen-bond acceptors (Lipinski definition) is 7. The largest absolute Gasteiger partial charge is 0.469 e. The number of carbonyl (C=O) groups excluding carboxylic acids is 3. The Kier molecular flexibility index (Phi) is 5.81. The van der Waals surface area contributed by atoms with Crippen LogP contribution in [-0.2, 0) is 28.6 Å². The molecule has 224 valence electrons. The van der Waals surface area contributed by atoms with Gasteiger partial charge < -0.3 is 19.3 Å². The van der Waals surface area contributed by atoms with Crippen LogP contribution in [0.1, 0.15) is 113 Å². The van der Waals surface area contributed by atoms with Gasteiger partial charge in [0.15, 0.2) is 11.4 Å². The number of esters is 2. The fourth-order valence-electron chi connectivity index (χ4n) is 11.9. The average molecular weight is 559 g/mol. The van der Waals surface area contributed by atoms with Crippen molar-refractivity contribution in [2.45, 2.75) is 130 Å². The first-order valence-electron chi connectivity index (χ1n) is 15.6. The lowest BCUT2D eigenvalue weighted by atomic mass is 9.39. The second-order valence-electron chi connectivity index (χ2n) is 16.4. The molecule has 10 atom stereocenters. The van der Waals surface area contributed by atoms with Crippen molar-refractivity contribution >= 4 is 17.7 Å². The monoisotopic (exact) mass is 558 g/mol. The van der Waals surface area contributed by atoms with E-state index in [4.69, 9.17) is 14.2 Å². The summed E-state index contributed by atoms with van der Waals surface area (Å²) in [6.07, 6.45) is 6.90. The van der Waals surface area contributed by atoms with Gasteiger partial charge in [-0.3, -0.25) is 14.4 Å². The third-order valence-corrected chi connectivity index (χ3v) is 14.6. The van der Waals surface area contributed by atoms with Crippen LogP contribution in [0.4, 0.5) is 0 Å². The van der Waals surface area contributed by atoms with Crippen molar-refractivity contribution in [2.75, 3.05) is 13.7 Å². The zero-order valence-electron chi connectivity index (χ0n) is 25.9. The van der Waals surface area contributed by atoms with Crippen molar-refractivity contribution in [3.05, 3.63) is 0 Å². The first-order chi connectivity index (χ1) is 18.4. The van der Waals surface area contributed by atoms with Gasteiger partial charge in [0.1, 0.15) is 11.7 Å². The third kappa shape index (κ3) is 3.02. The highest BCUT2D eigenvalue weighted by Gasteiger charge is 2.84. The third-order valence-electron chi connectivity index (χ3n) is 14.6. The molecule has 5 saturated carbocycles. The molecule has 1 heterocycles. The molecular formula is C33H50O7. The van der Waals surface area contributed by atoms with Crippen LogP contribution in [0.25, 0.3) is 0 Å². The fraction of sp³-hybridized carbons (Fsp3) is 0.909. The molecule has 1 saturated heterocycles. The maximum atomic E-state index is 15.2. The Labute approximate surface area is 239 Å². The first kappa shape index (κ1) is 28.6. The van der Waals surface area contributed by atoms with Gasteiger partial charge in [-0.2, -0.15) is 0 Å². The minimum atomic E-state index is -1.30. The second kappa shape index (κ2) is 8.12. The van der Waals surface area contributed by atoms with E-state index in [9.17, 15) is 14.7 Å². The Hall–Kier alpha value is -1.47. The Bertz CT molecular complexity index is 1160. The van der Waals surface area contributed by atoms with Gasteiger partial charge in [-0.15, -0.1) is 0 Å². The Morgan fingerprint density at radius 1 is 0.875 bits per heavy atom. The summed E-state index contributed by atoms with van der Waals surface area (Å²) in [7, 11) is 1.47. The lowest BCUT2D eigenvalue weighted by Gasteiger charge is -2.64. The zero-order valence-corrected chi connectivity index (χ0v) is 25.9. The Morgan fingerprint density at radius 2 is 1.55 bits per heavy atom. The van der Waals surface area contributed by atoms with E-state index < -0.39 is 38.3 Å². The Balaban J connectivity index is 1.44. The number of hydrogen-bond donors (Lipinski definition) is 1. The summed E-state index contributed by atoms with van der Waals surface area (Å²) < 4.78 is 17.9. The maximum absolute atomic E-state index is 15.2. The van der Waals surface area contributed by atoms with Gasteiger partial charge in [-0.05, 0) is 93.8 Å². The molecule has 0 aromatic heterocycles. The van der Waals surface area contributed by atoms with Gasteiger partial charge in [0.05, 0.1) is 24.5 Å². The van der Waals surface area contributed by atoms with E-state index >= 15 is 4.79 Å². The van der Waals surface area contributed by atoms with Crippen LogP contribution in [0, 0.1) is 44.3 Å². The number of rotatable bonds is 2. The van der Waals surface area contributed by atoms with E-state index in [1.807, 2.05) is 6.92 Å². The predicted octanol–water partition coefficient (Wildman–Crippen LogP) is 5.40. The lowest BCUT2D eigenvalue weighted by Crippen LogP contribution is -2.63. The SMILES string of the molecule is COC(=O)[C@]1(C)CC[C@]2(C)CC[C@@]34CO[C@]5(C[C@H]6C(C)(C)[C@@H](OC(C)=O)CC[C@]6(C)[C@]5(O)CC[C@@]3(C)[C@@H]2C1)C4=O. The molecule has 0 aromatic carbocycles. The van der Waals surface area contributed by atoms with Crippen molar-refractivity contribution in [2.24, 2.45) is 44.3 Å². The van der Waals surface area contributed by atoms with Crippen LogP contribution in [0.5, 0.6) is 0 Å². The average Bonchev–Trinajstić information content (AvgIpc) is 3.27. The van der Waals surface area contributed by atoms with Crippen LogP contribution in [0.15, 0.2) is 0 Å². The van der Waals surface area contributed by atoms with Gasteiger partial charge in [0, 0.05) is 17.8 Å². The molecule has 1 N–H and O–H groups in total. The molecule has 0 aromatic rings. The van der Waals surface area contributed by atoms with E-state index in [1.54, 1.807) is 0 Å². The van der Waals surface area contributed by atoms with Crippen molar-refractivity contribution < 1.29 is 33.7 Å². The van der Waals surface area contributed by atoms with E-state index in [0.29, 0.717) is 38.7 Å². The summed E-state index contributed by atoms with van der Waals surface area (Å²) in [5.74, 6) is -0.223. The molecule has 7 heteroatoms. The van der Waals surface area contributed by atoms with Gasteiger partial charge in [0.2, 0.25) is 0 Å². The molecule has 0 amide bonds. The molecule has 0 radical (unpaired) electrons. The molecule has 7 nitrogen and oxygen atoms in total. The standard InChI is InChI=1S/C33H50O7/c1-20(34)40-23-9-10-30(7)21(26(23,2)3)18-32-24(35)31(19-39-32)15-13-27(4)11-12-28(5,25(36)38-8)17-22(27)29(31,6)14-16-33(30,32)37/h21-23,37H,9-19H2,1-8H3/t21-,22+,23-,27+,28+,29-,30-,31-,32+,33+/m0/s1. The number of ether oxygens (including phenoxy) is 3. The number of Topliss-reactive ketones (excluding diaryl/α,β-unsaturated/α-hetero) is 1.